The van der Waals surface area contributed by atoms with Gasteiger partial charge in [-0.15, -0.1) is 11.3 Å². The standard InChI is InChI=1S/C10H12N4S/c11-5-8-3-4-9(15-8)6-13-10(12)14-7-1-2-7/h3-4,7H,1-2,6H2,(H3,12,13,14). The molecule has 1 saturated carbocycles. The molecule has 0 unspecified atom stereocenters. The van der Waals surface area contributed by atoms with E-state index in [0.717, 1.165) is 4.88 Å². The van der Waals surface area contributed by atoms with Crippen LogP contribution in [0.3, 0.4) is 0 Å². The van der Waals surface area contributed by atoms with E-state index in [1.165, 1.54) is 24.2 Å². The third-order valence-corrected chi connectivity index (χ3v) is 3.08. The summed E-state index contributed by atoms with van der Waals surface area (Å²) < 4.78 is 0. The highest BCUT2D eigenvalue weighted by Crippen LogP contribution is 2.18. The molecule has 0 bridgehead atoms. The Morgan fingerprint density at radius 3 is 3.07 bits per heavy atom. The summed E-state index contributed by atoms with van der Waals surface area (Å²) in [5.41, 5.74) is 5.68. The zero-order valence-electron chi connectivity index (χ0n) is 8.23. The summed E-state index contributed by atoms with van der Waals surface area (Å²) in [5.74, 6) is 0.504. The van der Waals surface area contributed by atoms with E-state index in [1.54, 1.807) is 6.07 Å². The SMILES string of the molecule is N#Cc1ccc(CN=C(N)NC2CC2)s1. The molecule has 1 heterocycles. The zero-order valence-corrected chi connectivity index (χ0v) is 9.05. The Morgan fingerprint density at radius 1 is 1.67 bits per heavy atom. The van der Waals surface area contributed by atoms with Crippen molar-refractivity contribution in [2.75, 3.05) is 0 Å². The number of nitrogens with two attached hydrogens (primary N) is 1. The molecule has 4 nitrogen and oxygen atoms in total. The van der Waals surface area contributed by atoms with Crippen molar-refractivity contribution in [3.05, 3.63) is 21.9 Å². The molecule has 0 aliphatic heterocycles. The van der Waals surface area contributed by atoms with Gasteiger partial charge in [0.15, 0.2) is 5.96 Å². The average Bonchev–Trinajstić information content (AvgIpc) is 2.92. The van der Waals surface area contributed by atoms with Gasteiger partial charge in [0.2, 0.25) is 0 Å². The molecule has 0 saturated heterocycles. The lowest BCUT2D eigenvalue weighted by Crippen LogP contribution is -2.33. The van der Waals surface area contributed by atoms with E-state index >= 15 is 0 Å². The second-order valence-electron chi connectivity index (χ2n) is 3.50. The van der Waals surface area contributed by atoms with Gasteiger partial charge < -0.3 is 11.1 Å². The van der Waals surface area contributed by atoms with Gasteiger partial charge in [-0.05, 0) is 25.0 Å². The van der Waals surface area contributed by atoms with Crippen molar-refractivity contribution in [1.29, 1.82) is 5.26 Å². The average molecular weight is 220 g/mol. The van der Waals surface area contributed by atoms with Crippen LogP contribution in [0, 0.1) is 11.3 Å². The van der Waals surface area contributed by atoms with Gasteiger partial charge >= 0.3 is 0 Å². The molecule has 0 amide bonds. The first kappa shape index (κ1) is 9.99. The van der Waals surface area contributed by atoms with Crippen molar-refractivity contribution in [2.45, 2.75) is 25.4 Å². The monoisotopic (exact) mass is 220 g/mol. The highest BCUT2D eigenvalue weighted by Gasteiger charge is 2.21. The smallest absolute Gasteiger partial charge is 0.189 e. The minimum atomic E-state index is 0.504. The molecule has 0 radical (unpaired) electrons. The summed E-state index contributed by atoms with van der Waals surface area (Å²) in [5, 5.41) is 11.8. The second-order valence-corrected chi connectivity index (χ2v) is 4.67. The molecule has 15 heavy (non-hydrogen) atoms. The van der Waals surface area contributed by atoms with Crippen LogP contribution in [-0.4, -0.2) is 12.0 Å². The number of nitriles is 1. The Morgan fingerprint density at radius 2 is 2.47 bits per heavy atom. The fourth-order valence-corrected chi connectivity index (χ4v) is 1.90. The van der Waals surface area contributed by atoms with Gasteiger partial charge in [-0.2, -0.15) is 5.26 Å². The molecular formula is C10H12N4S. The topological polar surface area (TPSA) is 74.2 Å². The molecule has 78 valence electrons. The molecule has 3 N–H and O–H groups in total. The second kappa shape index (κ2) is 4.32. The van der Waals surface area contributed by atoms with Gasteiger partial charge in [0.25, 0.3) is 0 Å². The Balaban J connectivity index is 1.88. The van der Waals surface area contributed by atoms with Gasteiger partial charge in [0.1, 0.15) is 10.9 Å². The molecule has 1 aromatic rings. The molecule has 1 aliphatic carbocycles. The van der Waals surface area contributed by atoms with Crippen LogP contribution in [0.15, 0.2) is 17.1 Å². The molecular weight excluding hydrogens is 208 g/mol. The molecule has 0 spiro atoms. The summed E-state index contributed by atoms with van der Waals surface area (Å²) in [6.07, 6.45) is 2.38. The van der Waals surface area contributed by atoms with Crippen molar-refractivity contribution >= 4 is 17.3 Å². The van der Waals surface area contributed by atoms with Gasteiger partial charge in [-0.1, -0.05) is 0 Å². The van der Waals surface area contributed by atoms with Crippen LogP contribution in [-0.2, 0) is 6.54 Å². The number of hydrogen-bond acceptors (Lipinski definition) is 3. The fourth-order valence-electron chi connectivity index (χ4n) is 1.17. The van der Waals surface area contributed by atoms with Gasteiger partial charge in [0, 0.05) is 10.9 Å². The summed E-state index contributed by atoms with van der Waals surface area (Å²) >= 11 is 1.46. The van der Waals surface area contributed by atoms with E-state index in [4.69, 9.17) is 11.0 Å². The van der Waals surface area contributed by atoms with E-state index in [0.29, 0.717) is 23.4 Å². The minimum Gasteiger partial charge on any atom is -0.370 e. The third-order valence-electron chi connectivity index (χ3n) is 2.11. The van der Waals surface area contributed by atoms with Crippen molar-refractivity contribution in [3.8, 4) is 6.07 Å². The van der Waals surface area contributed by atoms with Gasteiger partial charge in [-0.25, -0.2) is 4.99 Å². The maximum Gasteiger partial charge on any atom is 0.189 e. The lowest BCUT2D eigenvalue weighted by Gasteiger charge is -2.01. The van der Waals surface area contributed by atoms with Crippen LogP contribution in [0.2, 0.25) is 0 Å². The van der Waals surface area contributed by atoms with Crippen molar-refractivity contribution in [1.82, 2.24) is 5.32 Å². The van der Waals surface area contributed by atoms with E-state index in [1.807, 2.05) is 6.07 Å². The highest BCUT2D eigenvalue weighted by atomic mass is 32.1. The number of nitrogens with one attached hydrogen (secondary N) is 1. The molecule has 1 aromatic heterocycles. The largest absolute Gasteiger partial charge is 0.370 e. The van der Waals surface area contributed by atoms with Gasteiger partial charge in [0.05, 0.1) is 6.54 Å². The zero-order chi connectivity index (χ0) is 10.7. The Hall–Kier alpha value is -1.54. The lowest BCUT2D eigenvalue weighted by atomic mass is 10.4. The quantitative estimate of drug-likeness (QED) is 0.593. The Bertz CT molecular complexity index is 411. The predicted octanol–water partition coefficient (Wildman–Crippen LogP) is 1.19. The third kappa shape index (κ3) is 2.96. The minimum absolute atomic E-state index is 0.504. The normalized spacial score (nSPS) is 16.1. The Labute approximate surface area is 92.4 Å². The molecule has 0 aromatic carbocycles. The van der Waals surface area contributed by atoms with E-state index < -0.39 is 0 Å². The lowest BCUT2D eigenvalue weighted by molar-refractivity contribution is 0.881. The maximum atomic E-state index is 8.64. The number of guanidine groups is 1. The summed E-state index contributed by atoms with van der Waals surface area (Å²) in [6, 6.07) is 6.35. The first-order valence-corrected chi connectivity index (χ1v) is 5.65. The first-order chi connectivity index (χ1) is 7.28. The Kier molecular flexibility index (Phi) is 2.88. The van der Waals surface area contributed by atoms with Crippen molar-refractivity contribution in [3.63, 3.8) is 0 Å². The first-order valence-electron chi connectivity index (χ1n) is 4.83. The predicted molar refractivity (Wildman–Crippen MR) is 60.5 cm³/mol. The van der Waals surface area contributed by atoms with E-state index in [-0.39, 0.29) is 0 Å². The van der Waals surface area contributed by atoms with Crippen LogP contribution in [0.1, 0.15) is 22.6 Å². The summed E-state index contributed by atoms with van der Waals surface area (Å²) in [4.78, 5) is 5.99. The fraction of sp³-hybridized carbons (Fsp3) is 0.400. The van der Waals surface area contributed by atoms with Crippen LogP contribution >= 0.6 is 11.3 Å². The highest BCUT2D eigenvalue weighted by molar-refractivity contribution is 7.12. The molecule has 0 atom stereocenters. The van der Waals surface area contributed by atoms with Crippen LogP contribution in [0.25, 0.3) is 0 Å². The van der Waals surface area contributed by atoms with Crippen molar-refractivity contribution < 1.29 is 0 Å². The van der Waals surface area contributed by atoms with Crippen molar-refractivity contribution in [2.24, 2.45) is 10.7 Å². The molecule has 1 fully saturated rings. The molecule has 2 rings (SSSR count). The van der Waals surface area contributed by atoms with Crippen LogP contribution < -0.4 is 11.1 Å². The number of hydrogen-bond donors (Lipinski definition) is 2. The van der Waals surface area contributed by atoms with Crippen LogP contribution in [0.4, 0.5) is 0 Å². The number of rotatable bonds is 3. The van der Waals surface area contributed by atoms with E-state index in [2.05, 4.69) is 16.4 Å². The number of nitrogens with zero attached hydrogens (tertiary/aromatic N) is 2. The van der Waals surface area contributed by atoms with E-state index in [9.17, 15) is 0 Å². The summed E-state index contributed by atoms with van der Waals surface area (Å²) in [7, 11) is 0. The molecule has 1 aliphatic rings. The summed E-state index contributed by atoms with van der Waals surface area (Å²) in [6.45, 7) is 0.553. The number of thiophene rings is 1. The maximum absolute atomic E-state index is 8.64. The van der Waals surface area contributed by atoms with Gasteiger partial charge in [-0.3, -0.25) is 0 Å². The number of aliphatic imine (C=N–C) groups is 1. The molecule has 5 heteroatoms. The van der Waals surface area contributed by atoms with Crippen LogP contribution in [0.5, 0.6) is 0 Å².